The van der Waals surface area contributed by atoms with Crippen molar-refractivity contribution in [3.63, 3.8) is 0 Å². The van der Waals surface area contributed by atoms with Crippen LogP contribution < -0.4 is 16.0 Å². The maximum absolute atomic E-state index is 12.6. The smallest absolute Gasteiger partial charge is 0.319 e. The summed E-state index contributed by atoms with van der Waals surface area (Å²) in [5.74, 6) is -1.22. The average Bonchev–Trinajstić information content (AvgIpc) is 3.45. The van der Waals surface area contributed by atoms with Crippen molar-refractivity contribution in [2.24, 2.45) is 11.8 Å². The maximum Gasteiger partial charge on any atom is 0.319 e. The normalized spacial score (nSPS) is 22.9. The summed E-state index contributed by atoms with van der Waals surface area (Å²) in [6, 6.07) is 6.92. The zero-order valence-corrected chi connectivity index (χ0v) is 16.3. The van der Waals surface area contributed by atoms with Crippen molar-refractivity contribution in [3.05, 3.63) is 29.8 Å². The van der Waals surface area contributed by atoms with E-state index >= 15 is 0 Å². The minimum Gasteiger partial charge on any atom is -0.481 e. The monoisotopic (exact) mass is 388 g/mol. The van der Waals surface area contributed by atoms with E-state index in [-0.39, 0.29) is 30.6 Å². The molecular formula is C20H28N4O4. The molecule has 2 aliphatic rings. The summed E-state index contributed by atoms with van der Waals surface area (Å²) in [7, 11) is 0. The first-order chi connectivity index (χ1) is 13.3. The van der Waals surface area contributed by atoms with Gasteiger partial charge in [0.05, 0.1) is 12.0 Å². The van der Waals surface area contributed by atoms with Crippen molar-refractivity contribution in [2.75, 3.05) is 18.4 Å². The molecule has 0 spiro atoms. The Balaban J connectivity index is 1.53. The van der Waals surface area contributed by atoms with Gasteiger partial charge in [-0.1, -0.05) is 19.1 Å². The number of likely N-dealkylation sites (tertiary alicyclic amines) is 1. The van der Waals surface area contributed by atoms with Gasteiger partial charge in [-0.25, -0.2) is 9.59 Å². The molecule has 8 heteroatoms. The fraction of sp³-hybridized carbons (Fsp3) is 0.550. The summed E-state index contributed by atoms with van der Waals surface area (Å²) in [5.41, 5.74) is 1.59. The standard InChI is InChI=1S/C20H28N4O4/c1-12-9-15(18(25)26)11-24(10-12)20(28)21-13(2)14-3-5-16(6-4-14)22-19(27)23-17-7-8-17/h3-6,12-13,15,17H,7-11H2,1-2H3,(H,21,28)(H,25,26)(H2,22,23,27). The van der Waals surface area contributed by atoms with Crippen LogP contribution in [0, 0.1) is 11.8 Å². The number of amides is 4. The zero-order chi connectivity index (χ0) is 20.3. The molecule has 28 heavy (non-hydrogen) atoms. The van der Waals surface area contributed by atoms with Crippen LogP contribution in [0.4, 0.5) is 15.3 Å². The van der Waals surface area contributed by atoms with Gasteiger partial charge < -0.3 is 26.0 Å². The Kier molecular flexibility index (Phi) is 6.06. The van der Waals surface area contributed by atoms with Crippen LogP contribution in [0.5, 0.6) is 0 Å². The van der Waals surface area contributed by atoms with Gasteiger partial charge in [0.1, 0.15) is 0 Å². The van der Waals surface area contributed by atoms with E-state index in [0.29, 0.717) is 24.7 Å². The third kappa shape index (κ3) is 5.37. The molecule has 1 saturated carbocycles. The highest BCUT2D eigenvalue weighted by Gasteiger charge is 2.32. The predicted molar refractivity (Wildman–Crippen MR) is 105 cm³/mol. The molecule has 1 aromatic rings. The van der Waals surface area contributed by atoms with E-state index in [2.05, 4.69) is 16.0 Å². The van der Waals surface area contributed by atoms with Crippen LogP contribution in [-0.2, 0) is 4.79 Å². The Bertz CT molecular complexity index is 732. The lowest BCUT2D eigenvalue weighted by Gasteiger charge is -2.35. The van der Waals surface area contributed by atoms with Gasteiger partial charge in [0.2, 0.25) is 0 Å². The van der Waals surface area contributed by atoms with E-state index in [1.54, 1.807) is 17.0 Å². The summed E-state index contributed by atoms with van der Waals surface area (Å²) in [4.78, 5) is 37.2. The van der Waals surface area contributed by atoms with E-state index in [4.69, 9.17) is 0 Å². The molecule has 1 saturated heterocycles. The first-order valence-corrected chi connectivity index (χ1v) is 9.77. The quantitative estimate of drug-likeness (QED) is 0.621. The third-order valence-corrected chi connectivity index (χ3v) is 5.22. The molecule has 3 atom stereocenters. The molecule has 0 bridgehead atoms. The van der Waals surface area contributed by atoms with E-state index in [0.717, 1.165) is 18.4 Å². The number of piperidine rings is 1. The van der Waals surface area contributed by atoms with Gasteiger partial charge in [0.15, 0.2) is 0 Å². The number of rotatable bonds is 5. The molecule has 3 rings (SSSR count). The Labute approximate surface area is 164 Å². The molecule has 8 nitrogen and oxygen atoms in total. The van der Waals surface area contributed by atoms with Crippen molar-refractivity contribution in [1.82, 2.24) is 15.5 Å². The fourth-order valence-electron chi connectivity index (χ4n) is 3.49. The van der Waals surface area contributed by atoms with Crippen molar-refractivity contribution in [2.45, 2.75) is 45.2 Å². The highest BCUT2D eigenvalue weighted by molar-refractivity contribution is 5.89. The van der Waals surface area contributed by atoms with Crippen molar-refractivity contribution in [3.8, 4) is 0 Å². The molecule has 152 valence electrons. The molecule has 1 aromatic carbocycles. The summed E-state index contributed by atoms with van der Waals surface area (Å²) < 4.78 is 0. The minimum absolute atomic E-state index is 0.156. The number of hydrogen-bond donors (Lipinski definition) is 4. The molecule has 4 N–H and O–H groups in total. The Morgan fingerprint density at radius 2 is 1.82 bits per heavy atom. The first-order valence-electron chi connectivity index (χ1n) is 9.77. The Hall–Kier alpha value is -2.77. The van der Waals surface area contributed by atoms with Crippen LogP contribution in [0.2, 0.25) is 0 Å². The molecule has 4 amide bonds. The SMILES string of the molecule is CC1CC(C(=O)O)CN(C(=O)NC(C)c2ccc(NC(=O)NC3CC3)cc2)C1. The van der Waals surface area contributed by atoms with Gasteiger partial charge in [-0.2, -0.15) is 0 Å². The lowest BCUT2D eigenvalue weighted by molar-refractivity contribution is -0.143. The van der Waals surface area contributed by atoms with Crippen LogP contribution in [0.1, 0.15) is 44.7 Å². The summed E-state index contributed by atoms with van der Waals surface area (Å²) in [6.07, 6.45) is 2.66. The predicted octanol–water partition coefficient (Wildman–Crippen LogP) is 2.78. The van der Waals surface area contributed by atoms with Crippen molar-refractivity contribution < 1.29 is 19.5 Å². The summed E-state index contributed by atoms with van der Waals surface area (Å²) in [6.45, 7) is 4.63. The number of nitrogens with zero attached hydrogens (tertiary/aromatic N) is 1. The number of nitrogens with one attached hydrogen (secondary N) is 3. The summed E-state index contributed by atoms with van der Waals surface area (Å²) in [5, 5.41) is 17.9. The molecule has 3 unspecified atom stereocenters. The van der Waals surface area contributed by atoms with Crippen molar-refractivity contribution in [1.29, 1.82) is 0 Å². The van der Waals surface area contributed by atoms with E-state index in [9.17, 15) is 19.5 Å². The number of urea groups is 2. The van der Waals surface area contributed by atoms with Crippen LogP contribution in [0.15, 0.2) is 24.3 Å². The van der Waals surface area contributed by atoms with Gasteiger partial charge in [0.25, 0.3) is 0 Å². The first kappa shape index (κ1) is 20.0. The third-order valence-electron chi connectivity index (χ3n) is 5.22. The van der Waals surface area contributed by atoms with Gasteiger partial charge in [-0.15, -0.1) is 0 Å². The zero-order valence-electron chi connectivity index (χ0n) is 16.3. The molecule has 1 heterocycles. The molecule has 0 aromatic heterocycles. The number of carboxylic acids is 1. The molecule has 1 aliphatic heterocycles. The fourth-order valence-corrected chi connectivity index (χ4v) is 3.49. The molecular weight excluding hydrogens is 360 g/mol. The van der Waals surface area contributed by atoms with Gasteiger partial charge in [0, 0.05) is 24.8 Å². The van der Waals surface area contributed by atoms with Crippen molar-refractivity contribution >= 4 is 23.7 Å². The maximum atomic E-state index is 12.6. The van der Waals surface area contributed by atoms with Gasteiger partial charge >= 0.3 is 18.0 Å². The number of carboxylic acid groups (broad SMARTS) is 1. The summed E-state index contributed by atoms with van der Waals surface area (Å²) >= 11 is 0. The average molecular weight is 388 g/mol. The number of hydrogen-bond acceptors (Lipinski definition) is 3. The highest BCUT2D eigenvalue weighted by atomic mass is 16.4. The number of aliphatic carboxylic acids is 1. The number of carbonyl (C=O) groups is 3. The molecule has 0 radical (unpaired) electrons. The lowest BCUT2D eigenvalue weighted by Crippen LogP contribution is -2.49. The van der Waals surface area contributed by atoms with Gasteiger partial charge in [-0.3, -0.25) is 4.79 Å². The molecule has 2 fully saturated rings. The number of anilines is 1. The van der Waals surface area contributed by atoms with Crippen LogP contribution >= 0.6 is 0 Å². The van der Waals surface area contributed by atoms with E-state index in [1.807, 2.05) is 26.0 Å². The minimum atomic E-state index is -0.855. The van der Waals surface area contributed by atoms with Crippen LogP contribution in [0.3, 0.4) is 0 Å². The number of benzene rings is 1. The van der Waals surface area contributed by atoms with E-state index < -0.39 is 11.9 Å². The molecule has 1 aliphatic carbocycles. The topological polar surface area (TPSA) is 111 Å². The second-order valence-electron chi connectivity index (χ2n) is 7.95. The second-order valence-corrected chi connectivity index (χ2v) is 7.95. The Morgan fingerprint density at radius 1 is 1.14 bits per heavy atom. The van der Waals surface area contributed by atoms with Crippen LogP contribution in [-0.4, -0.2) is 47.2 Å². The second kappa shape index (κ2) is 8.50. The number of carbonyl (C=O) groups excluding carboxylic acids is 2. The lowest BCUT2D eigenvalue weighted by atomic mass is 9.91. The highest BCUT2D eigenvalue weighted by Crippen LogP contribution is 2.23. The van der Waals surface area contributed by atoms with Gasteiger partial charge in [-0.05, 0) is 49.8 Å². The Morgan fingerprint density at radius 3 is 2.43 bits per heavy atom. The van der Waals surface area contributed by atoms with Crippen LogP contribution in [0.25, 0.3) is 0 Å². The van der Waals surface area contributed by atoms with E-state index in [1.165, 1.54) is 0 Å². The largest absolute Gasteiger partial charge is 0.481 e.